The molecule has 0 amide bonds. The van der Waals surface area contributed by atoms with Gasteiger partial charge in [0.05, 0.1) is 22.7 Å². The van der Waals surface area contributed by atoms with Gasteiger partial charge in [-0.1, -0.05) is 71.0 Å². The highest BCUT2D eigenvalue weighted by molar-refractivity contribution is 8.00. The summed E-state index contributed by atoms with van der Waals surface area (Å²) < 4.78 is 0. The fourth-order valence-electron chi connectivity index (χ4n) is 7.13. The highest BCUT2D eigenvalue weighted by Gasteiger charge is 2.25. The molecule has 6 nitrogen and oxygen atoms in total. The minimum atomic E-state index is 0.808. The van der Waals surface area contributed by atoms with E-state index in [2.05, 4.69) is 116 Å². The third-order valence-electron chi connectivity index (χ3n) is 10.1. The number of piperazine rings is 2. The predicted molar refractivity (Wildman–Crippen MR) is 215 cm³/mol. The van der Waals surface area contributed by atoms with Crippen LogP contribution in [-0.4, -0.2) is 112 Å². The number of nitrogens with zero attached hydrogens (tertiary/aromatic N) is 6. The molecule has 4 heterocycles. The average molecular weight is 748 g/mol. The Kier molecular flexibility index (Phi) is 12.2. The number of hydrogen-bond donors (Lipinski definition) is 0. The molecule has 0 unspecified atom stereocenters. The zero-order valence-electron chi connectivity index (χ0n) is 29.2. The SMILES string of the molecule is CN1CCN(CCCN2c3ccccc3Sc3ccc(Cl)cc32)CC1.CN1CCN(CCCN2c3ccccc3Sc3ccc(Cl)cc32)CC1. The fourth-order valence-corrected chi connectivity index (χ4v) is 9.62. The summed E-state index contributed by atoms with van der Waals surface area (Å²) in [6.45, 7) is 13.8. The largest absolute Gasteiger partial charge is 0.340 e. The summed E-state index contributed by atoms with van der Waals surface area (Å²) in [6.07, 6.45) is 2.32. The number of anilines is 4. The molecule has 4 aromatic rings. The van der Waals surface area contributed by atoms with Crippen molar-refractivity contribution < 1.29 is 0 Å². The molecule has 0 spiro atoms. The molecule has 0 atom stereocenters. The Morgan fingerprint density at radius 3 is 1.26 bits per heavy atom. The van der Waals surface area contributed by atoms with Gasteiger partial charge in [0, 0.05) is 95.1 Å². The van der Waals surface area contributed by atoms with E-state index in [-0.39, 0.29) is 0 Å². The van der Waals surface area contributed by atoms with Crippen LogP contribution in [0.3, 0.4) is 0 Å². The number of benzene rings is 4. The minimum Gasteiger partial charge on any atom is -0.340 e. The van der Waals surface area contributed by atoms with Crippen molar-refractivity contribution in [3.63, 3.8) is 0 Å². The van der Waals surface area contributed by atoms with Gasteiger partial charge in [-0.3, -0.25) is 0 Å². The lowest BCUT2D eigenvalue weighted by Gasteiger charge is -2.35. The van der Waals surface area contributed by atoms with Crippen LogP contribution in [0.25, 0.3) is 0 Å². The zero-order chi connectivity index (χ0) is 34.5. The Bertz CT molecular complexity index is 1610. The van der Waals surface area contributed by atoms with Crippen molar-refractivity contribution >= 4 is 69.5 Å². The minimum absolute atomic E-state index is 0.808. The number of likely N-dealkylation sites (N-methyl/N-ethyl adjacent to an activating group) is 2. The molecule has 4 aromatic carbocycles. The van der Waals surface area contributed by atoms with Crippen molar-refractivity contribution in [2.24, 2.45) is 0 Å². The Hall–Kier alpha value is -2.40. The van der Waals surface area contributed by atoms with Crippen LogP contribution < -0.4 is 9.80 Å². The Morgan fingerprint density at radius 2 is 0.840 bits per heavy atom. The molecular formula is C40H48Cl2N6S2. The van der Waals surface area contributed by atoms with Gasteiger partial charge in [0.2, 0.25) is 0 Å². The lowest BCUT2D eigenvalue weighted by atomic mass is 10.2. The number of halogens is 2. The topological polar surface area (TPSA) is 19.4 Å². The predicted octanol–water partition coefficient (Wildman–Crippen LogP) is 9.16. The summed E-state index contributed by atoms with van der Waals surface area (Å²) in [5, 5.41) is 1.62. The van der Waals surface area contributed by atoms with Crippen LogP contribution in [0.15, 0.2) is 105 Å². The van der Waals surface area contributed by atoms with Crippen LogP contribution in [0.1, 0.15) is 12.8 Å². The third kappa shape index (κ3) is 8.79. The van der Waals surface area contributed by atoms with Crippen LogP contribution in [0.4, 0.5) is 22.7 Å². The highest BCUT2D eigenvalue weighted by atomic mass is 35.5. The van der Waals surface area contributed by atoms with E-state index in [1.54, 1.807) is 0 Å². The van der Waals surface area contributed by atoms with Crippen molar-refractivity contribution in [3.8, 4) is 0 Å². The van der Waals surface area contributed by atoms with Gasteiger partial charge < -0.3 is 29.4 Å². The summed E-state index contributed by atoms with van der Waals surface area (Å²) in [6, 6.07) is 29.9. The number of hydrogen-bond acceptors (Lipinski definition) is 8. The summed E-state index contributed by atoms with van der Waals surface area (Å²) >= 11 is 16.3. The Morgan fingerprint density at radius 1 is 0.460 bits per heavy atom. The second kappa shape index (κ2) is 17.0. The zero-order valence-corrected chi connectivity index (χ0v) is 32.4. The van der Waals surface area contributed by atoms with Crippen LogP contribution >= 0.6 is 46.7 Å². The standard InChI is InChI=1S/2C20H24ClN3S/c2*1-22-11-13-23(14-12-22)9-4-10-24-17-5-2-3-6-19(17)25-20-8-7-16(21)15-18(20)24/h2*2-3,5-8,15H,4,9-14H2,1H3. The van der Waals surface area contributed by atoms with E-state index in [0.717, 1.165) is 49.1 Å². The number of para-hydroxylation sites is 2. The first-order valence-corrected chi connectivity index (χ1v) is 20.3. The molecule has 0 bridgehead atoms. The Labute approximate surface area is 317 Å². The quantitative estimate of drug-likeness (QED) is 0.176. The van der Waals surface area contributed by atoms with Gasteiger partial charge >= 0.3 is 0 Å². The second-order valence-electron chi connectivity index (χ2n) is 13.7. The fraction of sp³-hybridized carbons (Fsp3) is 0.400. The number of fused-ring (bicyclic) bond motifs is 4. The molecule has 2 saturated heterocycles. The lowest BCUT2D eigenvalue weighted by Crippen LogP contribution is -2.45. The van der Waals surface area contributed by atoms with Crippen LogP contribution in [-0.2, 0) is 0 Å². The van der Waals surface area contributed by atoms with E-state index in [0.29, 0.717) is 0 Å². The molecular weight excluding hydrogens is 700 g/mol. The molecule has 8 rings (SSSR count). The summed E-state index contributed by atoms with van der Waals surface area (Å²) in [5.41, 5.74) is 5.10. The summed E-state index contributed by atoms with van der Waals surface area (Å²) in [7, 11) is 4.42. The van der Waals surface area contributed by atoms with Crippen molar-refractivity contribution in [2.45, 2.75) is 32.4 Å². The molecule has 0 saturated carbocycles. The van der Waals surface area contributed by atoms with Crippen molar-refractivity contribution in [3.05, 3.63) is 95.0 Å². The first kappa shape index (κ1) is 36.0. The molecule has 4 aliphatic heterocycles. The smallest absolute Gasteiger partial charge is 0.0567 e. The van der Waals surface area contributed by atoms with Gasteiger partial charge in [0.25, 0.3) is 0 Å². The van der Waals surface area contributed by atoms with Crippen molar-refractivity contribution in [1.82, 2.24) is 19.6 Å². The maximum atomic E-state index is 6.29. The Balaban J connectivity index is 0.000000157. The average Bonchev–Trinajstić information content (AvgIpc) is 3.13. The van der Waals surface area contributed by atoms with E-state index in [9.17, 15) is 0 Å². The van der Waals surface area contributed by atoms with Crippen molar-refractivity contribution in [2.75, 3.05) is 102 Å². The van der Waals surface area contributed by atoms with Gasteiger partial charge in [0.15, 0.2) is 0 Å². The molecule has 0 N–H and O–H groups in total. The van der Waals surface area contributed by atoms with Gasteiger partial charge in [-0.25, -0.2) is 0 Å². The van der Waals surface area contributed by atoms with Gasteiger partial charge in [-0.05, 0) is 101 Å². The van der Waals surface area contributed by atoms with Crippen LogP contribution in [0.2, 0.25) is 10.0 Å². The first-order chi connectivity index (χ1) is 24.4. The first-order valence-electron chi connectivity index (χ1n) is 17.9. The van der Waals surface area contributed by atoms with Gasteiger partial charge in [0.1, 0.15) is 0 Å². The van der Waals surface area contributed by atoms with E-state index >= 15 is 0 Å². The monoisotopic (exact) mass is 746 g/mol. The highest BCUT2D eigenvalue weighted by Crippen LogP contribution is 2.50. The van der Waals surface area contributed by atoms with E-state index < -0.39 is 0 Å². The van der Waals surface area contributed by atoms with E-state index in [1.807, 2.05) is 35.7 Å². The second-order valence-corrected chi connectivity index (χ2v) is 16.7. The lowest BCUT2D eigenvalue weighted by molar-refractivity contribution is 0.153. The molecule has 2 fully saturated rings. The molecule has 4 aliphatic rings. The maximum Gasteiger partial charge on any atom is 0.0567 e. The van der Waals surface area contributed by atoms with E-state index in [4.69, 9.17) is 23.2 Å². The molecule has 0 aromatic heterocycles. The van der Waals surface area contributed by atoms with Gasteiger partial charge in [-0.15, -0.1) is 0 Å². The molecule has 0 aliphatic carbocycles. The van der Waals surface area contributed by atoms with Crippen LogP contribution in [0.5, 0.6) is 0 Å². The molecule has 0 radical (unpaired) electrons. The van der Waals surface area contributed by atoms with Crippen molar-refractivity contribution in [1.29, 1.82) is 0 Å². The molecule has 264 valence electrons. The molecule has 50 heavy (non-hydrogen) atoms. The van der Waals surface area contributed by atoms with Crippen LogP contribution in [0, 0.1) is 0 Å². The van der Waals surface area contributed by atoms with Gasteiger partial charge in [-0.2, -0.15) is 0 Å². The summed E-state index contributed by atoms with van der Waals surface area (Å²) in [4.78, 5) is 20.1. The number of rotatable bonds is 8. The maximum absolute atomic E-state index is 6.29. The molecule has 10 heteroatoms. The third-order valence-corrected chi connectivity index (χ3v) is 12.8. The summed E-state index contributed by atoms with van der Waals surface area (Å²) in [5.74, 6) is 0. The normalized spacial score (nSPS) is 18.1. The van der Waals surface area contributed by atoms with E-state index in [1.165, 1.54) is 94.7 Å².